The number of esters is 1. The number of aromatic nitrogens is 2. The van der Waals surface area contributed by atoms with Crippen molar-refractivity contribution >= 4 is 22.8 Å². The molecule has 2 rings (SSSR count). The van der Waals surface area contributed by atoms with Gasteiger partial charge in [-0.05, 0) is 26.0 Å². The molecule has 1 aromatic carbocycles. The summed E-state index contributed by atoms with van der Waals surface area (Å²) in [7, 11) is 0. The third-order valence-corrected chi connectivity index (χ3v) is 3.57. The van der Waals surface area contributed by atoms with E-state index in [2.05, 4.69) is 23.1 Å². The summed E-state index contributed by atoms with van der Waals surface area (Å²) in [6.45, 7) is 11.9. The van der Waals surface area contributed by atoms with Gasteiger partial charge in [-0.1, -0.05) is 24.3 Å². The predicted octanol–water partition coefficient (Wildman–Crippen LogP) is 3.37. The highest BCUT2D eigenvalue weighted by molar-refractivity contribution is 5.85. The van der Waals surface area contributed by atoms with Crippen molar-refractivity contribution in [3.63, 3.8) is 0 Å². The van der Waals surface area contributed by atoms with Gasteiger partial charge >= 0.3 is 5.97 Å². The highest BCUT2D eigenvalue weighted by atomic mass is 16.5. The molecule has 6 heteroatoms. The van der Waals surface area contributed by atoms with E-state index in [1.807, 2.05) is 29.2 Å². The van der Waals surface area contributed by atoms with Crippen molar-refractivity contribution in [3.8, 4) is 6.07 Å². The number of hydrogen-bond donors (Lipinski definition) is 0. The molecule has 0 fully saturated rings. The van der Waals surface area contributed by atoms with Crippen LogP contribution in [0.4, 0.5) is 5.82 Å². The molecule has 1 aromatic heterocycles. The van der Waals surface area contributed by atoms with Crippen molar-refractivity contribution in [2.75, 3.05) is 18.0 Å². The lowest BCUT2D eigenvalue weighted by atomic mass is 10.1. The molecule has 1 heterocycles. The number of ether oxygens (including phenoxy) is 1. The average Bonchev–Trinajstić information content (AvgIpc) is 2.61. The van der Waals surface area contributed by atoms with Gasteiger partial charge in [0.05, 0.1) is 23.2 Å². The van der Waals surface area contributed by atoms with Crippen LogP contribution in [0, 0.1) is 11.3 Å². The molecule has 0 amide bonds. The molecular weight excluding hydrogens is 328 g/mol. The van der Waals surface area contributed by atoms with Crippen molar-refractivity contribution in [2.45, 2.75) is 25.9 Å². The summed E-state index contributed by atoms with van der Waals surface area (Å²) in [5, 5.41) is 9.62. The Labute approximate surface area is 153 Å². The molecule has 0 radical (unpaired) electrons. The molecule has 0 aliphatic rings. The van der Waals surface area contributed by atoms with Gasteiger partial charge in [0, 0.05) is 13.1 Å². The first-order valence-corrected chi connectivity index (χ1v) is 8.35. The molecule has 134 valence electrons. The van der Waals surface area contributed by atoms with Crippen LogP contribution in [0.25, 0.3) is 11.0 Å². The molecule has 26 heavy (non-hydrogen) atoms. The van der Waals surface area contributed by atoms with Gasteiger partial charge in [0.2, 0.25) is 0 Å². The number of carbonyl (C=O) groups is 1. The first kappa shape index (κ1) is 19.1. The van der Waals surface area contributed by atoms with Crippen LogP contribution >= 0.6 is 0 Å². The quantitative estimate of drug-likeness (QED) is 0.536. The van der Waals surface area contributed by atoms with Crippen molar-refractivity contribution in [1.29, 1.82) is 5.26 Å². The summed E-state index contributed by atoms with van der Waals surface area (Å²) < 4.78 is 5.24. The maximum atomic E-state index is 12.4. The van der Waals surface area contributed by atoms with Gasteiger partial charge in [0.25, 0.3) is 0 Å². The van der Waals surface area contributed by atoms with Gasteiger partial charge < -0.3 is 9.64 Å². The number of anilines is 1. The van der Waals surface area contributed by atoms with E-state index < -0.39 is 11.9 Å². The summed E-state index contributed by atoms with van der Waals surface area (Å²) in [4.78, 5) is 23.5. The molecule has 2 aromatic rings. The number of rotatable bonds is 8. The van der Waals surface area contributed by atoms with Crippen LogP contribution in [0.2, 0.25) is 0 Å². The Bertz CT molecular complexity index is 845. The number of para-hydroxylation sites is 2. The number of fused-ring (bicyclic) bond motifs is 1. The highest BCUT2D eigenvalue weighted by Gasteiger charge is 2.30. The number of hydrogen-bond acceptors (Lipinski definition) is 6. The van der Waals surface area contributed by atoms with Crippen LogP contribution in [0.15, 0.2) is 49.6 Å². The zero-order chi connectivity index (χ0) is 19.1. The van der Waals surface area contributed by atoms with Gasteiger partial charge in [-0.3, -0.25) is 4.79 Å². The van der Waals surface area contributed by atoms with Crippen LogP contribution in [0.3, 0.4) is 0 Å². The zero-order valence-corrected chi connectivity index (χ0v) is 15.1. The summed E-state index contributed by atoms with van der Waals surface area (Å²) in [6, 6.07) is 9.34. The lowest BCUT2D eigenvalue weighted by molar-refractivity contribution is -0.147. The van der Waals surface area contributed by atoms with E-state index in [1.165, 1.54) is 0 Å². The minimum atomic E-state index is -1.17. The third kappa shape index (κ3) is 4.25. The Morgan fingerprint density at radius 3 is 2.31 bits per heavy atom. The smallest absolute Gasteiger partial charge is 0.329 e. The second-order valence-corrected chi connectivity index (χ2v) is 5.95. The standard InChI is InChI=1S/C20H22N4O2/c1-5-11-24(12-6-2)19-18(15(13-21)20(25)26-14(3)4)22-16-9-7-8-10-17(16)23-19/h5-10,14-15H,1-2,11-12H2,3-4H3/t15-/m1/s1. The van der Waals surface area contributed by atoms with Crippen molar-refractivity contribution in [3.05, 3.63) is 55.3 Å². The lowest BCUT2D eigenvalue weighted by Crippen LogP contribution is -2.28. The fourth-order valence-electron chi connectivity index (χ4n) is 2.52. The molecule has 0 unspecified atom stereocenters. The van der Waals surface area contributed by atoms with Gasteiger partial charge in [-0.15, -0.1) is 13.2 Å². The first-order valence-electron chi connectivity index (χ1n) is 8.35. The van der Waals surface area contributed by atoms with E-state index in [9.17, 15) is 10.1 Å². The first-order chi connectivity index (χ1) is 12.5. The molecule has 0 aliphatic carbocycles. The van der Waals surface area contributed by atoms with E-state index in [-0.39, 0.29) is 11.8 Å². The van der Waals surface area contributed by atoms with Gasteiger partial charge in [0.15, 0.2) is 11.7 Å². The Morgan fingerprint density at radius 1 is 1.23 bits per heavy atom. The van der Waals surface area contributed by atoms with Crippen LogP contribution in [-0.2, 0) is 9.53 Å². The second kappa shape index (κ2) is 8.77. The minimum Gasteiger partial charge on any atom is -0.462 e. The Hall–Kier alpha value is -3.20. The van der Waals surface area contributed by atoms with Crippen LogP contribution in [0.5, 0.6) is 0 Å². The summed E-state index contributed by atoms with van der Waals surface area (Å²) in [5.74, 6) is -1.34. The summed E-state index contributed by atoms with van der Waals surface area (Å²) in [5.41, 5.74) is 1.57. The predicted molar refractivity (Wildman–Crippen MR) is 102 cm³/mol. The molecule has 0 saturated heterocycles. The Balaban J connectivity index is 2.65. The number of benzene rings is 1. The molecule has 6 nitrogen and oxygen atoms in total. The molecule has 0 aliphatic heterocycles. The largest absolute Gasteiger partial charge is 0.462 e. The van der Waals surface area contributed by atoms with E-state index in [0.29, 0.717) is 29.9 Å². The molecular formula is C20H22N4O2. The minimum absolute atomic E-state index is 0.278. The normalized spacial score (nSPS) is 11.6. The maximum Gasteiger partial charge on any atom is 0.329 e. The van der Waals surface area contributed by atoms with Crippen molar-refractivity contribution in [2.24, 2.45) is 0 Å². The second-order valence-electron chi connectivity index (χ2n) is 5.95. The van der Waals surface area contributed by atoms with Gasteiger partial charge in [-0.2, -0.15) is 5.26 Å². The zero-order valence-electron chi connectivity index (χ0n) is 15.1. The lowest BCUT2D eigenvalue weighted by Gasteiger charge is -2.24. The summed E-state index contributed by atoms with van der Waals surface area (Å²) in [6.07, 6.45) is 3.11. The third-order valence-electron chi connectivity index (χ3n) is 3.57. The molecule has 0 spiro atoms. The van der Waals surface area contributed by atoms with E-state index in [0.717, 1.165) is 0 Å². The molecule has 0 bridgehead atoms. The van der Waals surface area contributed by atoms with Crippen LogP contribution in [0.1, 0.15) is 25.5 Å². The number of nitriles is 1. The van der Waals surface area contributed by atoms with Crippen LogP contribution in [-0.4, -0.2) is 35.1 Å². The Kier molecular flexibility index (Phi) is 6.45. The Morgan fingerprint density at radius 2 is 1.81 bits per heavy atom. The summed E-state index contributed by atoms with van der Waals surface area (Å²) >= 11 is 0. The van der Waals surface area contributed by atoms with Crippen LogP contribution < -0.4 is 4.90 Å². The van der Waals surface area contributed by atoms with E-state index >= 15 is 0 Å². The van der Waals surface area contributed by atoms with Crippen molar-refractivity contribution in [1.82, 2.24) is 9.97 Å². The number of nitrogens with zero attached hydrogens (tertiary/aromatic N) is 4. The molecule has 0 saturated carbocycles. The van der Waals surface area contributed by atoms with Gasteiger partial charge in [-0.25, -0.2) is 9.97 Å². The van der Waals surface area contributed by atoms with Crippen molar-refractivity contribution < 1.29 is 9.53 Å². The van der Waals surface area contributed by atoms with Gasteiger partial charge in [0.1, 0.15) is 5.69 Å². The molecule has 0 N–H and O–H groups in total. The maximum absolute atomic E-state index is 12.4. The fourth-order valence-corrected chi connectivity index (χ4v) is 2.52. The number of carbonyl (C=O) groups excluding carboxylic acids is 1. The highest BCUT2D eigenvalue weighted by Crippen LogP contribution is 2.28. The topological polar surface area (TPSA) is 79.1 Å². The fraction of sp³-hybridized carbons (Fsp3) is 0.300. The monoisotopic (exact) mass is 350 g/mol. The SMILES string of the molecule is C=CCN(CC=C)c1nc2ccccc2nc1[C@@H](C#N)C(=O)OC(C)C. The molecule has 1 atom stereocenters. The van der Waals surface area contributed by atoms with E-state index in [4.69, 9.17) is 4.74 Å². The average molecular weight is 350 g/mol. The van der Waals surface area contributed by atoms with E-state index in [1.54, 1.807) is 32.1 Å².